The molecule has 1 aromatic rings. The van der Waals surface area contributed by atoms with Crippen LogP contribution in [0.2, 0.25) is 5.02 Å². The summed E-state index contributed by atoms with van der Waals surface area (Å²) in [7, 11) is -3.03. The number of rotatable bonds is 1. The number of hydrogen-bond acceptors (Lipinski definition) is 4. The molecule has 0 spiro atoms. The van der Waals surface area contributed by atoms with Crippen molar-refractivity contribution in [3.05, 3.63) is 28.5 Å². The maximum absolute atomic E-state index is 12.4. The molecule has 1 unspecified atom stereocenters. The van der Waals surface area contributed by atoms with Crippen LogP contribution in [-0.2, 0) is 27.6 Å². The molecule has 1 saturated heterocycles. The molecule has 3 rings (SSSR count). The molecule has 5 nitrogen and oxygen atoms in total. The Balaban J connectivity index is 1.75. The first-order chi connectivity index (χ1) is 9.44. The molecule has 20 heavy (non-hydrogen) atoms. The number of aromatic nitrogens is 1. The van der Waals surface area contributed by atoms with Gasteiger partial charge in [0, 0.05) is 31.4 Å². The van der Waals surface area contributed by atoms with Crippen LogP contribution in [-0.4, -0.2) is 42.3 Å². The number of hydrogen-bond donors (Lipinski definition) is 0. The number of halogens is 1. The minimum Gasteiger partial charge on any atom is -0.338 e. The third-order valence-corrected chi connectivity index (χ3v) is 5.87. The van der Waals surface area contributed by atoms with Crippen LogP contribution in [0.4, 0.5) is 0 Å². The second-order valence-corrected chi connectivity index (χ2v) is 8.03. The molecule has 2 aliphatic heterocycles. The third kappa shape index (κ3) is 2.67. The van der Waals surface area contributed by atoms with Gasteiger partial charge >= 0.3 is 0 Å². The zero-order chi connectivity index (χ0) is 14.3. The Morgan fingerprint density at radius 2 is 2.25 bits per heavy atom. The first kappa shape index (κ1) is 13.8. The maximum atomic E-state index is 12.4. The fraction of sp³-hybridized carbons (Fsp3) is 0.538. The number of pyridine rings is 1. The van der Waals surface area contributed by atoms with E-state index in [2.05, 4.69) is 4.98 Å². The fourth-order valence-electron chi connectivity index (χ4n) is 2.83. The Morgan fingerprint density at radius 1 is 1.45 bits per heavy atom. The number of carbonyl (C=O) groups excluding carboxylic acids is 1. The summed E-state index contributed by atoms with van der Waals surface area (Å²) in [5, 5.41) is 0.557. The minimum atomic E-state index is -3.03. The van der Waals surface area contributed by atoms with Crippen LogP contribution in [0.15, 0.2) is 12.3 Å². The van der Waals surface area contributed by atoms with Gasteiger partial charge in [0.1, 0.15) is 0 Å². The highest BCUT2D eigenvalue weighted by Gasteiger charge is 2.36. The Morgan fingerprint density at radius 3 is 2.95 bits per heavy atom. The maximum Gasteiger partial charge on any atom is 0.227 e. The Labute approximate surface area is 122 Å². The van der Waals surface area contributed by atoms with Crippen LogP contribution in [0.25, 0.3) is 0 Å². The minimum absolute atomic E-state index is 0.0109. The van der Waals surface area contributed by atoms with Crippen molar-refractivity contribution in [2.45, 2.75) is 19.4 Å². The quantitative estimate of drug-likeness (QED) is 0.777. The summed E-state index contributed by atoms with van der Waals surface area (Å²) < 4.78 is 22.9. The number of amides is 1. The summed E-state index contributed by atoms with van der Waals surface area (Å²) in [6, 6.07) is 1.83. The summed E-state index contributed by atoms with van der Waals surface area (Å²) in [5.74, 6) is -0.324. The van der Waals surface area contributed by atoms with Crippen molar-refractivity contribution in [2.24, 2.45) is 5.92 Å². The molecule has 1 amide bonds. The highest BCUT2D eigenvalue weighted by Crippen LogP contribution is 2.25. The molecule has 0 radical (unpaired) electrons. The summed E-state index contributed by atoms with van der Waals surface area (Å²) in [5.41, 5.74) is 1.93. The average molecular weight is 315 g/mol. The van der Waals surface area contributed by atoms with Crippen molar-refractivity contribution in [3.8, 4) is 0 Å². The van der Waals surface area contributed by atoms with Crippen molar-refractivity contribution >= 4 is 27.3 Å². The molecule has 0 bridgehead atoms. The van der Waals surface area contributed by atoms with E-state index in [-0.39, 0.29) is 23.3 Å². The van der Waals surface area contributed by atoms with E-state index in [9.17, 15) is 13.2 Å². The Kier molecular flexibility index (Phi) is 3.46. The van der Waals surface area contributed by atoms with Gasteiger partial charge < -0.3 is 4.90 Å². The lowest BCUT2D eigenvalue weighted by Crippen LogP contribution is -2.40. The number of sulfone groups is 1. The van der Waals surface area contributed by atoms with E-state index in [0.717, 1.165) is 11.3 Å². The normalized spacial score (nSPS) is 24.4. The molecule has 3 heterocycles. The van der Waals surface area contributed by atoms with E-state index >= 15 is 0 Å². The largest absolute Gasteiger partial charge is 0.338 e. The van der Waals surface area contributed by atoms with Crippen molar-refractivity contribution in [3.63, 3.8) is 0 Å². The lowest BCUT2D eigenvalue weighted by molar-refractivity contribution is -0.135. The molecule has 2 aliphatic rings. The zero-order valence-electron chi connectivity index (χ0n) is 10.9. The highest BCUT2D eigenvalue weighted by atomic mass is 35.5. The molecular formula is C13H15ClN2O3S. The van der Waals surface area contributed by atoms with E-state index in [1.807, 2.05) is 6.07 Å². The van der Waals surface area contributed by atoms with Gasteiger partial charge in [-0.1, -0.05) is 11.6 Å². The Bertz CT molecular complexity index is 660. The first-order valence-corrected chi connectivity index (χ1v) is 8.77. The molecule has 1 fully saturated rings. The van der Waals surface area contributed by atoms with Crippen molar-refractivity contribution in [2.75, 3.05) is 18.1 Å². The first-order valence-electron chi connectivity index (χ1n) is 6.57. The molecule has 7 heteroatoms. The molecule has 1 atom stereocenters. The predicted molar refractivity (Wildman–Crippen MR) is 75.1 cm³/mol. The van der Waals surface area contributed by atoms with Gasteiger partial charge in [0.15, 0.2) is 9.84 Å². The van der Waals surface area contributed by atoms with Crippen LogP contribution in [0.3, 0.4) is 0 Å². The topological polar surface area (TPSA) is 67.3 Å². The third-order valence-electron chi connectivity index (χ3n) is 3.90. The molecule has 0 aromatic carbocycles. The second kappa shape index (κ2) is 5.00. The molecule has 108 valence electrons. The van der Waals surface area contributed by atoms with Gasteiger partial charge in [0.25, 0.3) is 0 Å². The van der Waals surface area contributed by atoms with E-state index in [1.54, 1.807) is 11.1 Å². The lowest BCUT2D eigenvalue weighted by Gasteiger charge is -2.30. The predicted octanol–water partition coefficient (Wildman–Crippen LogP) is 1.05. The van der Waals surface area contributed by atoms with Crippen molar-refractivity contribution in [1.82, 2.24) is 9.88 Å². The van der Waals surface area contributed by atoms with E-state index < -0.39 is 9.84 Å². The van der Waals surface area contributed by atoms with Gasteiger partial charge in [-0.3, -0.25) is 9.78 Å². The number of carbonyl (C=O) groups is 1. The monoisotopic (exact) mass is 314 g/mol. The second-order valence-electron chi connectivity index (χ2n) is 5.37. The summed E-state index contributed by atoms with van der Waals surface area (Å²) >= 11 is 5.92. The smallest absolute Gasteiger partial charge is 0.227 e. The van der Waals surface area contributed by atoms with Crippen LogP contribution in [0.1, 0.15) is 17.7 Å². The van der Waals surface area contributed by atoms with Crippen molar-refractivity contribution in [1.29, 1.82) is 0 Å². The molecule has 0 aliphatic carbocycles. The highest BCUT2D eigenvalue weighted by molar-refractivity contribution is 7.91. The van der Waals surface area contributed by atoms with Crippen LogP contribution in [0.5, 0.6) is 0 Å². The van der Waals surface area contributed by atoms with Gasteiger partial charge in [-0.05, 0) is 18.1 Å². The SMILES string of the molecule is O=C(C1CCS(=O)(=O)C1)N1CCc2ncc(Cl)cc2C1. The molecule has 1 aromatic heterocycles. The molecule has 0 N–H and O–H groups in total. The number of fused-ring (bicyclic) bond motifs is 1. The summed E-state index contributed by atoms with van der Waals surface area (Å²) in [6.07, 6.45) is 2.75. The zero-order valence-corrected chi connectivity index (χ0v) is 12.5. The van der Waals surface area contributed by atoms with Gasteiger partial charge in [-0.15, -0.1) is 0 Å². The van der Waals surface area contributed by atoms with Crippen molar-refractivity contribution < 1.29 is 13.2 Å². The standard InChI is InChI=1S/C13H15ClN2O3S/c14-11-5-10-7-16(3-1-12(10)15-6-11)13(17)9-2-4-20(18,19)8-9/h5-6,9H,1-4,7-8H2. The average Bonchev–Trinajstić information content (AvgIpc) is 2.77. The fourth-order valence-corrected chi connectivity index (χ4v) is 4.75. The van der Waals surface area contributed by atoms with Gasteiger partial charge in [-0.2, -0.15) is 0 Å². The summed E-state index contributed by atoms with van der Waals surface area (Å²) in [4.78, 5) is 18.4. The molecule has 0 saturated carbocycles. The lowest BCUT2D eigenvalue weighted by atomic mass is 10.0. The molecular weight excluding hydrogens is 300 g/mol. The van der Waals surface area contributed by atoms with Crippen LogP contribution in [0, 0.1) is 5.92 Å². The van der Waals surface area contributed by atoms with Crippen LogP contribution < -0.4 is 0 Å². The summed E-state index contributed by atoms with van der Waals surface area (Å²) in [6.45, 7) is 1.06. The van der Waals surface area contributed by atoms with Crippen LogP contribution >= 0.6 is 11.6 Å². The van der Waals surface area contributed by atoms with Gasteiger partial charge in [-0.25, -0.2) is 8.42 Å². The Hall–Kier alpha value is -1.14. The van der Waals surface area contributed by atoms with Gasteiger partial charge in [0.05, 0.1) is 22.4 Å². The van der Waals surface area contributed by atoms with E-state index in [0.29, 0.717) is 31.0 Å². The van der Waals surface area contributed by atoms with Gasteiger partial charge in [0.2, 0.25) is 5.91 Å². The van der Waals surface area contributed by atoms with E-state index in [4.69, 9.17) is 11.6 Å². The number of nitrogens with zero attached hydrogens (tertiary/aromatic N) is 2. The van der Waals surface area contributed by atoms with E-state index in [1.165, 1.54) is 0 Å².